The standard InChI is InChI=1S/C12H11F3N2O2S/c1-2-20(18,19)10-5-3-4-9(8-10)17-7-6-11(16-17)12(13,14)15/h3-8H,2H2,1H3. The summed E-state index contributed by atoms with van der Waals surface area (Å²) in [5.74, 6) is -0.0800. The Labute approximate surface area is 113 Å². The Bertz CT molecular complexity index is 720. The Balaban J connectivity index is 2.45. The highest BCUT2D eigenvalue weighted by Crippen LogP contribution is 2.28. The van der Waals surface area contributed by atoms with E-state index in [-0.39, 0.29) is 16.3 Å². The molecule has 1 heterocycles. The van der Waals surface area contributed by atoms with Crippen molar-refractivity contribution in [1.29, 1.82) is 0 Å². The average molecular weight is 304 g/mol. The molecular weight excluding hydrogens is 293 g/mol. The molecule has 0 saturated carbocycles. The van der Waals surface area contributed by atoms with Gasteiger partial charge < -0.3 is 0 Å². The molecule has 0 radical (unpaired) electrons. The lowest BCUT2D eigenvalue weighted by atomic mass is 10.3. The second kappa shape index (κ2) is 4.93. The Morgan fingerprint density at radius 3 is 2.50 bits per heavy atom. The Morgan fingerprint density at radius 1 is 1.25 bits per heavy atom. The quantitative estimate of drug-likeness (QED) is 0.876. The van der Waals surface area contributed by atoms with Crippen LogP contribution in [0.1, 0.15) is 12.6 Å². The van der Waals surface area contributed by atoms with Crippen molar-refractivity contribution in [3.8, 4) is 5.69 Å². The zero-order valence-corrected chi connectivity index (χ0v) is 11.2. The highest BCUT2D eigenvalue weighted by atomic mass is 32.2. The summed E-state index contributed by atoms with van der Waals surface area (Å²) in [4.78, 5) is 0.0570. The molecule has 0 N–H and O–H groups in total. The van der Waals surface area contributed by atoms with Crippen LogP contribution in [0.25, 0.3) is 5.69 Å². The molecule has 2 aromatic rings. The summed E-state index contributed by atoms with van der Waals surface area (Å²) in [5.41, 5.74) is -0.767. The van der Waals surface area contributed by atoms with Crippen molar-refractivity contribution in [3.05, 3.63) is 42.2 Å². The molecule has 0 amide bonds. The normalized spacial score (nSPS) is 12.6. The summed E-state index contributed by atoms with van der Waals surface area (Å²) in [5, 5.41) is 3.40. The smallest absolute Gasteiger partial charge is 0.240 e. The third kappa shape index (κ3) is 2.84. The lowest BCUT2D eigenvalue weighted by Crippen LogP contribution is -2.08. The van der Waals surface area contributed by atoms with E-state index >= 15 is 0 Å². The van der Waals surface area contributed by atoms with Crippen molar-refractivity contribution < 1.29 is 21.6 Å². The van der Waals surface area contributed by atoms with E-state index in [1.807, 2.05) is 0 Å². The van der Waals surface area contributed by atoms with Gasteiger partial charge in [-0.05, 0) is 24.3 Å². The van der Waals surface area contributed by atoms with Gasteiger partial charge in [-0.3, -0.25) is 0 Å². The molecule has 0 spiro atoms. The number of hydrogen-bond donors (Lipinski definition) is 0. The van der Waals surface area contributed by atoms with Crippen LogP contribution in [0, 0.1) is 0 Å². The van der Waals surface area contributed by atoms with Gasteiger partial charge in [0.2, 0.25) is 0 Å². The number of sulfone groups is 1. The number of halogens is 3. The molecule has 1 aromatic heterocycles. The maximum Gasteiger partial charge on any atom is 0.435 e. The van der Waals surface area contributed by atoms with Gasteiger partial charge in [-0.1, -0.05) is 13.0 Å². The van der Waals surface area contributed by atoms with Crippen molar-refractivity contribution in [2.24, 2.45) is 0 Å². The number of benzene rings is 1. The second-order valence-electron chi connectivity index (χ2n) is 4.04. The first kappa shape index (κ1) is 14.6. The predicted molar refractivity (Wildman–Crippen MR) is 66.3 cm³/mol. The highest BCUT2D eigenvalue weighted by molar-refractivity contribution is 7.91. The lowest BCUT2D eigenvalue weighted by Gasteiger charge is -2.06. The Kier molecular flexibility index (Phi) is 3.59. The van der Waals surface area contributed by atoms with Crippen LogP contribution in [0.5, 0.6) is 0 Å². The molecular formula is C12H11F3N2O2S. The minimum atomic E-state index is -4.53. The van der Waals surface area contributed by atoms with Gasteiger partial charge in [0.1, 0.15) is 0 Å². The fourth-order valence-corrected chi connectivity index (χ4v) is 2.52. The van der Waals surface area contributed by atoms with Gasteiger partial charge in [0.15, 0.2) is 15.5 Å². The van der Waals surface area contributed by atoms with Crippen molar-refractivity contribution in [2.75, 3.05) is 5.75 Å². The van der Waals surface area contributed by atoms with E-state index in [4.69, 9.17) is 0 Å². The summed E-state index contributed by atoms with van der Waals surface area (Å²) in [6.45, 7) is 1.50. The second-order valence-corrected chi connectivity index (χ2v) is 6.32. The number of hydrogen-bond acceptors (Lipinski definition) is 3. The first-order valence-corrected chi connectivity index (χ1v) is 7.35. The molecule has 0 aliphatic heterocycles. The van der Waals surface area contributed by atoms with E-state index in [1.165, 1.54) is 31.2 Å². The third-order valence-electron chi connectivity index (χ3n) is 2.70. The first-order chi connectivity index (χ1) is 9.24. The van der Waals surface area contributed by atoms with Crippen molar-refractivity contribution >= 4 is 9.84 Å². The first-order valence-electron chi connectivity index (χ1n) is 5.70. The minimum Gasteiger partial charge on any atom is -0.240 e. The molecule has 1 aromatic carbocycles. The molecule has 0 aliphatic carbocycles. The monoisotopic (exact) mass is 304 g/mol. The topological polar surface area (TPSA) is 52.0 Å². The van der Waals surface area contributed by atoms with Crippen LogP contribution in [-0.2, 0) is 16.0 Å². The van der Waals surface area contributed by atoms with Crippen molar-refractivity contribution in [3.63, 3.8) is 0 Å². The van der Waals surface area contributed by atoms with Gasteiger partial charge in [0, 0.05) is 6.20 Å². The molecule has 8 heteroatoms. The molecule has 4 nitrogen and oxygen atoms in total. The van der Waals surface area contributed by atoms with Gasteiger partial charge in [0.05, 0.1) is 16.3 Å². The average Bonchev–Trinajstić information content (AvgIpc) is 2.88. The van der Waals surface area contributed by atoms with E-state index in [0.29, 0.717) is 0 Å². The summed E-state index contributed by atoms with van der Waals surface area (Å²) < 4.78 is 61.9. The zero-order chi connectivity index (χ0) is 15.0. The Hall–Kier alpha value is -1.83. The molecule has 0 fully saturated rings. The van der Waals surface area contributed by atoms with E-state index in [0.717, 1.165) is 16.9 Å². The molecule has 0 atom stereocenters. The van der Waals surface area contributed by atoms with Crippen molar-refractivity contribution in [1.82, 2.24) is 9.78 Å². The fourth-order valence-electron chi connectivity index (χ4n) is 1.61. The number of aromatic nitrogens is 2. The van der Waals surface area contributed by atoms with Gasteiger partial charge in [-0.2, -0.15) is 18.3 Å². The van der Waals surface area contributed by atoms with Crippen LogP contribution >= 0.6 is 0 Å². The molecule has 2 rings (SSSR count). The maximum absolute atomic E-state index is 12.5. The van der Waals surface area contributed by atoms with Crippen LogP contribution in [0.4, 0.5) is 13.2 Å². The predicted octanol–water partition coefficient (Wildman–Crippen LogP) is 2.68. The molecule has 0 saturated heterocycles. The summed E-state index contributed by atoms with van der Waals surface area (Å²) in [6, 6.07) is 6.48. The summed E-state index contributed by atoms with van der Waals surface area (Å²) >= 11 is 0. The van der Waals surface area contributed by atoms with Crippen molar-refractivity contribution in [2.45, 2.75) is 18.0 Å². The van der Waals surface area contributed by atoms with Crippen LogP contribution in [-0.4, -0.2) is 24.0 Å². The fraction of sp³-hybridized carbons (Fsp3) is 0.250. The molecule has 0 aliphatic rings. The Morgan fingerprint density at radius 2 is 1.95 bits per heavy atom. The van der Waals surface area contributed by atoms with Gasteiger partial charge in [-0.15, -0.1) is 0 Å². The summed E-state index contributed by atoms with van der Waals surface area (Å²) in [6.07, 6.45) is -3.39. The molecule has 20 heavy (non-hydrogen) atoms. The van der Waals surface area contributed by atoms with Gasteiger partial charge >= 0.3 is 6.18 Å². The maximum atomic E-state index is 12.5. The highest BCUT2D eigenvalue weighted by Gasteiger charge is 2.33. The van der Waals surface area contributed by atoms with Crippen LogP contribution in [0.3, 0.4) is 0 Å². The molecule has 0 bridgehead atoms. The van der Waals surface area contributed by atoms with Gasteiger partial charge in [0.25, 0.3) is 0 Å². The third-order valence-corrected chi connectivity index (χ3v) is 4.43. The molecule has 108 valence electrons. The number of nitrogens with zero attached hydrogens (tertiary/aromatic N) is 2. The lowest BCUT2D eigenvalue weighted by molar-refractivity contribution is -0.141. The summed E-state index contributed by atoms with van der Waals surface area (Å²) in [7, 11) is -3.41. The van der Waals surface area contributed by atoms with Gasteiger partial charge in [-0.25, -0.2) is 13.1 Å². The zero-order valence-electron chi connectivity index (χ0n) is 10.4. The van der Waals surface area contributed by atoms with Crippen LogP contribution < -0.4 is 0 Å². The SMILES string of the molecule is CCS(=O)(=O)c1cccc(-n2ccc(C(F)(F)F)n2)c1. The van der Waals surface area contributed by atoms with Crippen LogP contribution in [0.2, 0.25) is 0 Å². The van der Waals surface area contributed by atoms with Crippen LogP contribution in [0.15, 0.2) is 41.4 Å². The minimum absolute atomic E-state index is 0.0570. The van der Waals surface area contributed by atoms with E-state index in [9.17, 15) is 21.6 Å². The largest absolute Gasteiger partial charge is 0.435 e. The van der Waals surface area contributed by atoms with E-state index in [2.05, 4.69) is 5.10 Å². The van der Waals surface area contributed by atoms with E-state index < -0.39 is 21.7 Å². The molecule has 0 unspecified atom stereocenters. The number of rotatable bonds is 3. The number of alkyl halides is 3. The van der Waals surface area contributed by atoms with E-state index in [1.54, 1.807) is 0 Å².